The fourth-order valence-corrected chi connectivity index (χ4v) is 2.25. The summed E-state index contributed by atoms with van der Waals surface area (Å²) in [5.74, 6) is 1.19. The summed E-state index contributed by atoms with van der Waals surface area (Å²) < 4.78 is 20.3. The average molecular weight is 371 g/mol. The van der Waals surface area contributed by atoms with Crippen molar-refractivity contribution in [2.24, 2.45) is 0 Å². The van der Waals surface area contributed by atoms with E-state index in [1.54, 1.807) is 6.07 Å². The molecule has 0 radical (unpaired) electrons. The standard InChI is InChI=1S/C15H15FINO/c1-10(18-2)12-9-11(16)7-8-14(12)19-15-6-4-3-5-13(15)17/h3-10,18H,1-2H3. The van der Waals surface area contributed by atoms with E-state index in [4.69, 9.17) is 4.74 Å². The Hall–Kier alpha value is -1.14. The van der Waals surface area contributed by atoms with Gasteiger partial charge in [0, 0.05) is 11.6 Å². The number of benzene rings is 2. The second-order valence-corrected chi connectivity index (χ2v) is 5.39. The van der Waals surface area contributed by atoms with E-state index in [-0.39, 0.29) is 11.9 Å². The third-order valence-electron chi connectivity index (χ3n) is 2.93. The van der Waals surface area contributed by atoms with E-state index >= 15 is 0 Å². The summed E-state index contributed by atoms with van der Waals surface area (Å²) in [7, 11) is 1.84. The molecule has 0 heterocycles. The lowest BCUT2D eigenvalue weighted by Crippen LogP contribution is -2.13. The summed E-state index contributed by atoms with van der Waals surface area (Å²) >= 11 is 2.22. The first-order chi connectivity index (χ1) is 9.11. The van der Waals surface area contributed by atoms with Gasteiger partial charge in [0.05, 0.1) is 3.57 Å². The van der Waals surface area contributed by atoms with Crippen molar-refractivity contribution in [1.29, 1.82) is 0 Å². The van der Waals surface area contributed by atoms with Gasteiger partial charge in [-0.25, -0.2) is 4.39 Å². The van der Waals surface area contributed by atoms with Crippen LogP contribution in [0.4, 0.5) is 4.39 Å². The molecule has 19 heavy (non-hydrogen) atoms. The van der Waals surface area contributed by atoms with Crippen LogP contribution in [0.15, 0.2) is 42.5 Å². The Morgan fingerprint density at radius 2 is 1.89 bits per heavy atom. The number of hydrogen-bond acceptors (Lipinski definition) is 2. The van der Waals surface area contributed by atoms with Crippen LogP contribution < -0.4 is 10.1 Å². The molecule has 0 bridgehead atoms. The number of halogens is 2. The molecule has 1 atom stereocenters. The van der Waals surface area contributed by atoms with Crippen LogP contribution in [0.3, 0.4) is 0 Å². The third-order valence-corrected chi connectivity index (χ3v) is 3.82. The molecule has 2 rings (SSSR count). The average Bonchev–Trinajstić information content (AvgIpc) is 2.42. The predicted octanol–water partition coefficient (Wildman–Crippen LogP) is 4.50. The summed E-state index contributed by atoms with van der Waals surface area (Å²) in [6.45, 7) is 1.97. The maximum atomic E-state index is 13.4. The van der Waals surface area contributed by atoms with Crippen LogP contribution in [0.5, 0.6) is 11.5 Å². The molecule has 1 unspecified atom stereocenters. The Morgan fingerprint density at radius 3 is 2.58 bits per heavy atom. The highest BCUT2D eigenvalue weighted by Gasteiger charge is 2.13. The monoisotopic (exact) mass is 371 g/mol. The summed E-state index contributed by atoms with van der Waals surface area (Å²) in [5, 5.41) is 3.10. The van der Waals surface area contributed by atoms with Crippen molar-refractivity contribution >= 4 is 22.6 Å². The van der Waals surface area contributed by atoms with Crippen molar-refractivity contribution in [3.05, 3.63) is 57.4 Å². The van der Waals surface area contributed by atoms with Gasteiger partial charge in [0.25, 0.3) is 0 Å². The Kier molecular flexibility index (Phi) is 4.76. The van der Waals surface area contributed by atoms with Gasteiger partial charge in [-0.05, 0) is 66.9 Å². The third kappa shape index (κ3) is 3.45. The second-order valence-electron chi connectivity index (χ2n) is 4.22. The minimum absolute atomic E-state index is 0.0204. The van der Waals surface area contributed by atoms with E-state index in [0.717, 1.165) is 14.9 Å². The van der Waals surface area contributed by atoms with E-state index in [9.17, 15) is 4.39 Å². The summed E-state index contributed by atoms with van der Waals surface area (Å²) in [6.07, 6.45) is 0. The van der Waals surface area contributed by atoms with Crippen LogP contribution in [0.25, 0.3) is 0 Å². The minimum atomic E-state index is -0.257. The summed E-state index contributed by atoms with van der Waals surface area (Å²) in [5.41, 5.74) is 0.808. The lowest BCUT2D eigenvalue weighted by molar-refractivity contribution is 0.460. The van der Waals surface area contributed by atoms with E-state index in [0.29, 0.717) is 5.75 Å². The Morgan fingerprint density at radius 1 is 1.16 bits per heavy atom. The molecular formula is C15H15FINO. The highest BCUT2D eigenvalue weighted by Crippen LogP contribution is 2.32. The van der Waals surface area contributed by atoms with Gasteiger partial charge in [-0.15, -0.1) is 0 Å². The lowest BCUT2D eigenvalue weighted by Gasteiger charge is -2.17. The first-order valence-corrected chi connectivity index (χ1v) is 7.09. The van der Waals surface area contributed by atoms with Gasteiger partial charge >= 0.3 is 0 Å². The molecule has 0 spiro atoms. The van der Waals surface area contributed by atoms with Crippen molar-refractivity contribution in [1.82, 2.24) is 5.32 Å². The molecule has 0 amide bonds. The van der Waals surface area contributed by atoms with Crippen molar-refractivity contribution in [2.45, 2.75) is 13.0 Å². The van der Waals surface area contributed by atoms with Gasteiger partial charge in [-0.2, -0.15) is 0 Å². The zero-order chi connectivity index (χ0) is 13.8. The SMILES string of the molecule is CNC(C)c1cc(F)ccc1Oc1ccccc1I. The van der Waals surface area contributed by atoms with Crippen LogP contribution >= 0.6 is 22.6 Å². The number of rotatable bonds is 4. The summed E-state index contributed by atoms with van der Waals surface area (Å²) in [4.78, 5) is 0. The molecule has 0 aliphatic heterocycles. The Bertz CT molecular complexity index is 574. The van der Waals surface area contributed by atoms with Crippen LogP contribution in [0.1, 0.15) is 18.5 Å². The van der Waals surface area contributed by atoms with Crippen molar-refractivity contribution in [3.8, 4) is 11.5 Å². The normalized spacial score (nSPS) is 12.2. The maximum Gasteiger partial charge on any atom is 0.140 e. The predicted molar refractivity (Wildman–Crippen MR) is 83.1 cm³/mol. The molecule has 0 aliphatic carbocycles. The van der Waals surface area contributed by atoms with Gasteiger partial charge in [-0.1, -0.05) is 12.1 Å². The summed E-state index contributed by atoms with van der Waals surface area (Å²) in [6, 6.07) is 12.4. The Balaban J connectivity index is 2.37. The molecule has 0 aromatic heterocycles. The fourth-order valence-electron chi connectivity index (χ4n) is 1.75. The quantitative estimate of drug-likeness (QED) is 0.799. The first-order valence-electron chi connectivity index (χ1n) is 6.01. The van der Waals surface area contributed by atoms with Gasteiger partial charge in [0.2, 0.25) is 0 Å². The van der Waals surface area contributed by atoms with Crippen molar-refractivity contribution in [3.63, 3.8) is 0 Å². The van der Waals surface area contributed by atoms with Crippen LogP contribution in [-0.4, -0.2) is 7.05 Å². The smallest absolute Gasteiger partial charge is 0.140 e. The Labute approximate surface area is 126 Å². The molecule has 100 valence electrons. The van der Waals surface area contributed by atoms with E-state index in [1.807, 2.05) is 38.2 Å². The second kappa shape index (κ2) is 6.34. The van der Waals surface area contributed by atoms with Gasteiger partial charge in [-0.3, -0.25) is 0 Å². The van der Waals surface area contributed by atoms with Gasteiger partial charge in [0.15, 0.2) is 0 Å². The lowest BCUT2D eigenvalue weighted by atomic mass is 10.1. The van der Waals surface area contributed by atoms with E-state index in [2.05, 4.69) is 27.9 Å². The molecule has 0 aliphatic rings. The molecular weight excluding hydrogens is 356 g/mol. The number of hydrogen-bond donors (Lipinski definition) is 1. The zero-order valence-electron chi connectivity index (χ0n) is 10.8. The largest absolute Gasteiger partial charge is 0.456 e. The first kappa shape index (κ1) is 14.3. The number of ether oxygens (including phenoxy) is 1. The molecule has 0 saturated carbocycles. The molecule has 2 aromatic carbocycles. The zero-order valence-corrected chi connectivity index (χ0v) is 12.9. The van der Waals surface area contributed by atoms with E-state index in [1.165, 1.54) is 12.1 Å². The topological polar surface area (TPSA) is 21.3 Å². The minimum Gasteiger partial charge on any atom is -0.456 e. The van der Waals surface area contributed by atoms with Crippen molar-refractivity contribution in [2.75, 3.05) is 7.05 Å². The molecule has 2 nitrogen and oxygen atoms in total. The highest BCUT2D eigenvalue weighted by atomic mass is 127. The van der Waals surface area contributed by atoms with Gasteiger partial charge < -0.3 is 10.1 Å². The molecule has 4 heteroatoms. The molecule has 0 fully saturated rings. The van der Waals surface area contributed by atoms with Crippen molar-refractivity contribution < 1.29 is 9.13 Å². The van der Waals surface area contributed by atoms with Crippen LogP contribution in [-0.2, 0) is 0 Å². The molecule has 1 N–H and O–H groups in total. The van der Waals surface area contributed by atoms with Crippen LogP contribution in [0, 0.1) is 9.39 Å². The molecule has 2 aromatic rings. The number of nitrogens with one attached hydrogen (secondary N) is 1. The maximum absolute atomic E-state index is 13.4. The highest BCUT2D eigenvalue weighted by molar-refractivity contribution is 14.1. The van der Waals surface area contributed by atoms with Gasteiger partial charge in [0.1, 0.15) is 17.3 Å². The number of para-hydroxylation sites is 1. The fraction of sp³-hybridized carbons (Fsp3) is 0.200. The van der Waals surface area contributed by atoms with Crippen LogP contribution in [0.2, 0.25) is 0 Å². The molecule has 0 saturated heterocycles. The van der Waals surface area contributed by atoms with E-state index < -0.39 is 0 Å².